The largest absolute Gasteiger partial charge is 0.493 e. The maximum atomic E-state index is 12.3. The number of hydrogen-bond acceptors (Lipinski definition) is 10. The van der Waals surface area contributed by atoms with Crippen molar-refractivity contribution in [3.63, 3.8) is 0 Å². The Kier molecular flexibility index (Phi) is 8.08. The van der Waals surface area contributed by atoms with Crippen LogP contribution in [0.5, 0.6) is 11.5 Å². The summed E-state index contributed by atoms with van der Waals surface area (Å²) in [5.41, 5.74) is 1.74. The van der Waals surface area contributed by atoms with Crippen molar-refractivity contribution in [2.24, 2.45) is 0 Å². The Hall–Kier alpha value is -3.61. The van der Waals surface area contributed by atoms with Crippen LogP contribution >= 0.6 is 0 Å². The number of aliphatic hydroxyl groups is 4. The molecule has 2 aromatic carbocycles. The molecule has 5 atom stereocenters. The van der Waals surface area contributed by atoms with Crippen LogP contribution < -0.4 is 9.47 Å². The van der Waals surface area contributed by atoms with Crippen LogP contribution in [0.25, 0.3) is 6.08 Å². The lowest BCUT2D eigenvalue weighted by atomic mass is 9.98. The van der Waals surface area contributed by atoms with Crippen molar-refractivity contribution in [1.82, 2.24) is 15.0 Å². The third kappa shape index (κ3) is 5.61. The molecule has 4 rings (SSSR count). The molecule has 1 fully saturated rings. The molecule has 11 nitrogen and oxygen atoms in total. The zero-order valence-electron chi connectivity index (χ0n) is 19.4. The molecule has 11 heteroatoms. The van der Waals surface area contributed by atoms with Crippen molar-refractivity contribution in [1.29, 1.82) is 0 Å². The van der Waals surface area contributed by atoms with E-state index in [0.717, 1.165) is 5.56 Å². The summed E-state index contributed by atoms with van der Waals surface area (Å²) in [6.45, 7) is -0.535. The van der Waals surface area contributed by atoms with E-state index in [9.17, 15) is 25.2 Å². The molecular formula is C25H27N3O8. The third-order valence-electron chi connectivity index (χ3n) is 5.73. The van der Waals surface area contributed by atoms with Crippen molar-refractivity contribution in [3.05, 3.63) is 77.6 Å². The molecule has 1 aliphatic rings. The Bertz CT molecular complexity index is 1200. The molecule has 3 aromatic rings. The van der Waals surface area contributed by atoms with Gasteiger partial charge in [-0.2, -0.15) is 0 Å². The molecule has 0 bridgehead atoms. The minimum atomic E-state index is -1.52. The topological polar surface area (TPSA) is 156 Å². The maximum Gasteiger partial charge on any atom is 0.185 e. The van der Waals surface area contributed by atoms with Crippen molar-refractivity contribution >= 4 is 11.9 Å². The molecular weight excluding hydrogens is 470 g/mol. The van der Waals surface area contributed by atoms with Gasteiger partial charge in [0.2, 0.25) is 0 Å². The average molecular weight is 498 g/mol. The van der Waals surface area contributed by atoms with E-state index in [1.807, 2.05) is 6.07 Å². The summed E-state index contributed by atoms with van der Waals surface area (Å²) >= 11 is 0. The van der Waals surface area contributed by atoms with Crippen LogP contribution in [0.2, 0.25) is 0 Å². The van der Waals surface area contributed by atoms with Gasteiger partial charge in [-0.25, -0.2) is 4.68 Å². The first-order valence-corrected chi connectivity index (χ1v) is 11.2. The fraction of sp³-hybridized carbons (Fsp3) is 0.320. The number of nitrogens with zero attached hydrogens (tertiary/aromatic N) is 3. The molecule has 0 radical (unpaired) electrons. The number of allylic oxidation sites excluding steroid dienone is 1. The predicted molar refractivity (Wildman–Crippen MR) is 126 cm³/mol. The molecule has 4 N–H and O–H groups in total. The summed E-state index contributed by atoms with van der Waals surface area (Å²) in [5, 5.41) is 47.4. The number of carbonyl (C=O) groups excluding carboxylic acids is 1. The van der Waals surface area contributed by atoms with Crippen LogP contribution in [0.4, 0.5) is 0 Å². The second kappa shape index (κ2) is 11.4. The number of rotatable bonds is 9. The zero-order chi connectivity index (χ0) is 25.7. The van der Waals surface area contributed by atoms with E-state index in [2.05, 4.69) is 10.3 Å². The van der Waals surface area contributed by atoms with Crippen LogP contribution in [0, 0.1) is 0 Å². The lowest BCUT2D eigenvalue weighted by Gasteiger charge is -2.39. The summed E-state index contributed by atoms with van der Waals surface area (Å²) < 4.78 is 17.9. The Labute approximate surface area is 206 Å². The normalized spacial score (nSPS) is 24.1. The van der Waals surface area contributed by atoms with Crippen molar-refractivity contribution in [2.75, 3.05) is 13.7 Å². The number of methoxy groups -OCH3 is 1. The first kappa shape index (κ1) is 25.5. The van der Waals surface area contributed by atoms with Crippen molar-refractivity contribution in [3.8, 4) is 11.5 Å². The first-order valence-electron chi connectivity index (χ1n) is 11.2. The summed E-state index contributed by atoms with van der Waals surface area (Å²) in [7, 11) is 1.50. The SMILES string of the molecule is COc1cc(/C=C/C(=O)c2ccccc2)ccc1OCc1cn([C@@H]2O[C@H](CO)[C@@H](O)[C@H](O)[C@H]2O)nn1. The highest BCUT2D eigenvalue weighted by Gasteiger charge is 2.44. The van der Waals surface area contributed by atoms with Crippen LogP contribution in [0.3, 0.4) is 0 Å². The van der Waals surface area contributed by atoms with E-state index < -0.39 is 37.3 Å². The molecule has 1 saturated heterocycles. The average Bonchev–Trinajstić information content (AvgIpc) is 3.38. The van der Waals surface area contributed by atoms with Crippen LogP contribution in [-0.4, -0.2) is 79.3 Å². The molecule has 0 spiro atoms. The van der Waals surface area contributed by atoms with Crippen molar-refractivity contribution < 1.29 is 39.4 Å². The van der Waals surface area contributed by atoms with E-state index in [4.69, 9.17) is 14.2 Å². The van der Waals surface area contributed by atoms with E-state index in [0.29, 0.717) is 22.8 Å². The number of ketones is 1. The van der Waals surface area contributed by atoms with Crippen molar-refractivity contribution in [2.45, 2.75) is 37.3 Å². The molecule has 190 valence electrons. The molecule has 36 heavy (non-hydrogen) atoms. The molecule has 0 aliphatic carbocycles. The highest BCUT2D eigenvalue weighted by Crippen LogP contribution is 2.30. The van der Waals surface area contributed by atoms with Gasteiger partial charge in [0.15, 0.2) is 23.5 Å². The van der Waals surface area contributed by atoms with Gasteiger partial charge in [0.05, 0.1) is 19.9 Å². The Morgan fingerprint density at radius 2 is 1.86 bits per heavy atom. The fourth-order valence-corrected chi connectivity index (χ4v) is 3.73. The monoisotopic (exact) mass is 497 g/mol. The minimum absolute atomic E-state index is 0.00939. The van der Waals surface area contributed by atoms with Gasteiger partial charge in [-0.1, -0.05) is 47.7 Å². The van der Waals surface area contributed by atoms with Gasteiger partial charge >= 0.3 is 0 Å². The number of hydrogen-bond donors (Lipinski definition) is 4. The fourth-order valence-electron chi connectivity index (χ4n) is 3.73. The number of ether oxygens (including phenoxy) is 3. The van der Waals surface area contributed by atoms with Crippen LogP contribution in [0.1, 0.15) is 27.8 Å². The first-order chi connectivity index (χ1) is 17.4. The van der Waals surface area contributed by atoms with Gasteiger partial charge in [-0.3, -0.25) is 4.79 Å². The molecule has 1 aliphatic heterocycles. The molecule has 2 heterocycles. The van der Waals surface area contributed by atoms with Gasteiger partial charge in [0.1, 0.15) is 36.7 Å². The number of benzene rings is 2. The number of carbonyl (C=O) groups is 1. The standard InChI is InChI=1S/C25H27N3O8/c1-34-20-11-15(7-9-18(30)16-5-3-2-4-6-16)8-10-19(20)35-14-17-12-28(27-26-17)25-24(33)23(32)22(31)21(13-29)36-25/h2-12,21-25,29,31-33H,13-14H2,1H3/b9-7+/t21-,22-,23+,24-,25-/m1/s1. The highest BCUT2D eigenvalue weighted by molar-refractivity contribution is 6.06. The van der Waals surface area contributed by atoms with Crippen LogP contribution in [0.15, 0.2) is 60.8 Å². The molecule has 0 amide bonds. The summed E-state index contributed by atoms with van der Waals surface area (Å²) in [4.78, 5) is 12.3. The summed E-state index contributed by atoms with van der Waals surface area (Å²) in [5.74, 6) is 0.773. The van der Waals surface area contributed by atoms with Gasteiger partial charge in [-0.05, 0) is 23.8 Å². The molecule has 0 saturated carbocycles. The maximum absolute atomic E-state index is 12.3. The summed E-state index contributed by atoms with van der Waals surface area (Å²) in [6, 6.07) is 14.2. The smallest absolute Gasteiger partial charge is 0.185 e. The zero-order valence-corrected chi connectivity index (χ0v) is 19.4. The van der Waals surface area contributed by atoms with Gasteiger partial charge in [0, 0.05) is 5.56 Å². The van der Waals surface area contributed by atoms with E-state index in [1.54, 1.807) is 48.5 Å². The van der Waals surface area contributed by atoms with E-state index >= 15 is 0 Å². The lowest BCUT2D eigenvalue weighted by molar-refractivity contribution is -0.254. The quantitative estimate of drug-likeness (QED) is 0.246. The van der Waals surface area contributed by atoms with E-state index in [1.165, 1.54) is 24.1 Å². The molecule has 0 unspecified atom stereocenters. The van der Waals surface area contributed by atoms with Gasteiger partial charge in [0.25, 0.3) is 0 Å². The Balaban J connectivity index is 1.40. The Morgan fingerprint density at radius 3 is 2.58 bits per heavy atom. The van der Waals surface area contributed by atoms with E-state index in [-0.39, 0.29) is 12.4 Å². The minimum Gasteiger partial charge on any atom is -0.493 e. The second-order valence-electron chi connectivity index (χ2n) is 8.17. The summed E-state index contributed by atoms with van der Waals surface area (Å²) in [6.07, 6.45) is -2.04. The van der Waals surface area contributed by atoms with Crippen LogP contribution in [-0.2, 0) is 11.3 Å². The predicted octanol–water partition coefficient (Wildman–Crippen LogP) is 0.734. The second-order valence-corrected chi connectivity index (χ2v) is 8.17. The Morgan fingerprint density at radius 1 is 1.08 bits per heavy atom. The van der Waals surface area contributed by atoms with Gasteiger partial charge in [-0.15, -0.1) is 5.10 Å². The third-order valence-corrected chi connectivity index (χ3v) is 5.73. The van der Waals surface area contributed by atoms with Gasteiger partial charge < -0.3 is 34.6 Å². The number of aromatic nitrogens is 3. The lowest BCUT2D eigenvalue weighted by Crippen LogP contribution is -2.56. The molecule has 1 aromatic heterocycles. The highest BCUT2D eigenvalue weighted by atomic mass is 16.6. The number of aliphatic hydroxyl groups excluding tert-OH is 4.